The topological polar surface area (TPSA) is 38.7 Å². The summed E-state index contributed by atoms with van der Waals surface area (Å²) in [7, 11) is 0. The Balaban J connectivity index is 1.19. The molecular weight excluding hydrogens is 583 g/mol. The molecule has 3 heteroatoms. The summed E-state index contributed by atoms with van der Waals surface area (Å²) >= 11 is 0. The van der Waals surface area contributed by atoms with E-state index in [0.717, 1.165) is 44.0 Å². The van der Waals surface area contributed by atoms with Crippen LogP contribution in [0.15, 0.2) is 176 Å². The van der Waals surface area contributed by atoms with E-state index in [2.05, 4.69) is 60.7 Å². The molecule has 0 bridgehead atoms. The van der Waals surface area contributed by atoms with Gasteiger partial charge in [0.2, 0.25) is 0 Å². The summed E-state index contributed by atoms with van der Waals surface area (Å²) in [6.07, 6.45) is 0. The van der Waals surface area contributed by atoms with Gasteiger partial charge in [-0.1, -0.05) is 164 Å². The Morgan fingerprint density at radius 2 is 0.875 bits per heavy atom. The van der Waals surface area contributed by atoms with Gasteiger partial charge in [0.1, 0.15) is 0 Å². The van der Waals surface area contributed by atoms with Crippen molar-refractivity contribution in [3.05, 3.63) is 176 Å². The van der Waals surface area contributed by atoms with Gasteiger partial charge in [-0.05, 0) is 66.7 Å². The van der Waals surface area contributed by atoms with E-state index in [-0.39, 0.29) is 29.7 Å². The number of fused-ring (bicyclic) bond motifs is 4. The number of aromatic nitrogens is 3. The summed E-state index contributed by atoms with van der Waals surface area (Å²) in [5.74, 6) is 1.68. The molecule has 0 aliphatic carbocycles. The van der Waals surface area contributed by atoms with Crippen molar-refractivity contribution in [2.75, 3.05) is 0 Å². The zero-order chi connectivity index (χ0) is 36.2. The molecule has 0 radical (unpaired) electrons. The normalized spacial score (nSPS) is 12.8. The van der Waals surface area contributed by atoms with Crippen molar-refractivity contribution in [3.8, 4) is 56.4 Å². The van der Waals surface area contributed by atoms with Crippen molar-refractivity contribution < 1.29 is 6.85 Å². The average Bonchev–Trinajstić information content (AvgIpc) is 3.22. The molecule has 0 fully saturated rings. The van der Waals surface area contributed by atoms with Gasteiger partial charge in [0, 0.05) is 16.7 Å². The highest BCUT2D eigenvalue weighted by Gasteiger charge is 2.15. The minimum atomic E-state index is -0.410. The second kappa shape index (κ2) is 11.7. The van der Waals surface area contributed by atoms with E-state index in [1.165, 1.54) is 16.2 Å². The van der Waals surface area contributed by atoms with Crippen LogP contribution in [0.3, 0.4) is 0 Å². The number of hydrogen-bond acceptors (Lipinski definition) is 3. The maximum atomic E-state index is 8.63. The summed E-state index contributed by atoms with van der Waals surface area (Å²) in [4.78, 5) is 15.0. The first kappa shape index (κ1) is 23.0. The molecule has 9 aromatic rings. The van der Waals surface area contributed by atoms with Crippen LogP contribution in [0.5, 0.6) is 0 Å². The molecule has 224 valence electrons. The molecule has 1 heterocycles. The van der Waals surface area contributed by atoms with Gasteiger partial charge in [-0.3, -0.25) is 0 Å². The maximum Gasteiger partial charge on any atom is 0.164 e. The van der Waals surface area contributed by atoms with Gasteiger partial charge < -0.3 is 0 Å². The third kappa shape index (κ3) is 4.99. The van der Waals surface area contributed by atoms with Crippen molar-refractivity contribution >= 4 is 32.3 Å². The zero-order valence-corrected chi connectivity index (χ0v) is 25.7. The van der Waals surface area contributed by atoms with Crippen molar-refractivity contribution in [1.82, 2.24) is 15.0 Å². The highest BCUT2D eigenvalue weighted by atomic mass is 15.0. The molecule has 0 aliphatic rings. The van der Waals surface area contributed by atoms with Gasteiger partial charge in [0.05, 0.1) is 6.85 Å². The second-order valence-corrected chi connectivity index (χ2v) is 11.7. The third-order valence-corrected chi connectivity index (χ3v) is 8.80. The lowest BCUT2D eigenvalue weighted by atomic mass is 9.91. The lowest BCUT2D eigenvalue weighted by Gasteiger charge is -2.13. The lowest BCUT2D eigenvalue weighted by Crippen LogP contribution is -2.00. The third-order valence-electron chi connectivity index (χ3n) is 8.80. The Labute approximate surface area is 285 Å². The molecule has 3 nitrogen and oxygen atoms in total. The Bertz CT molecular complexity index is 2880. The molecule has 0 unspecified atom stereocenters. The van der Waals surface area contributed by atoms with Gasteiger partial charge >= 0.3 is 0 Å². The second-order valence-electron chi connectivity index (χ2n) is 11.7. The number of nitrogens with zero attached hydrogens (tertiary/aromatic N) is 3. The SMILES string of the molecule is [2H]c1c([2H])c([2H])c(-c2ccc(-c3cccc(-c4nc(-c5ccccc5)nc(-c5ccc6c(ccc7ccccc76)c5)n4)c3)c3ccccc23)c([2H])c1[2H]. The van der Waals surface area contributed by atoms with E-state index in [1.54, 1.807) is 0 Å². The van der Waals surface area contributed by atoms with Crippen molar-refractivity contribution in [2.45, 2.75) is 0 Å². The highest BCUT2D eigenvalue weighted by molar-refractivity contribution is 6.08. The van der Waals surface area contributed by atoms with Crippen LogP contribution in [0.4, 0.5) is 0 Å². The van der Waals surface area contributed by atoms with E-state index in [0.29, 0.717) is 23.0 Å². The highest BCUT2D eigenvalue weighted by Crippen LogP contribution is 2.37. The minimum Gasteiger partial charge on any atom is -0.208 e. The number of rotatable bonds is 5. The van der Waals surface area contributed by atoms with Crippen LogP contribution >= 0.6 is 0 Å². The van der Waals surface area contributed by atoms with Crippen molar-refractivity contribution in [1.29, 1.82) is 0 Å². The van der Waals surface area contributed by atoms with Crippen LogP contribution in [0.2, 0.25) is 0 Å². The van der Waals surface area contributed by atoms with E-state index >= 15 is 0 Å². The molecule has 0 spiro atoms. The fourth-order valence-corrected chi connectivity index (χ4v) is 6.48. The molecular formula is C45H29N3. The average molecular weight is 617 g/mol. The zero-order valence-electron chi connectivity index (χ0n) is 30.7. The molecule has 48 heavy (non-hydrogen) atoms. The fraction of sp³-hybridized carbons (Fsp3) is 0. The largest absolute Gasteiger partial charge is 0.208 e. The number of hydrogen-bond donors (Lipinski definition) is 0. The van der Waals surface area contributed by atoms with E-state index < -0.39 is 6.04 Å². The van der Waals surface area contributed by atoms with Gasteiger partial charge in [-0.25, -0.2) is 15.0 Å². The Morgan fingerprint density at radius 1 is 0.333 bits per heavy atom. The van der Waals surface area contributed by atoms with Crippen molar-refractivity contribution in [3.63, 3.8) is 0 Å². The molecule has 1 aromatic heterocycles. The first-order valence-electron chi connectivity index (χ1n) is 18.3. The molecule has 0 N–H and O–H groups in total. The number of benzene rings is 8. The Hall–Kier alpha value is -6.45. The molecule has 9 rings (SSSR count). The summed E-state index contributed by atoms with van der Waals surface area (Å²) in [6, 6.07) is 47.0. The summed E-state index contributed by atoms with van der Waals surface area (Å²) < 4.78 is 41.8. The van der Waals surface area contributed by atoms with Gasteiger partial charge in [0.25, 0.3) is 0 Å². The first-order valence-corrected chi connectivity index (χ1v) is 15.8. The molecule has 0 aliphatic heterocycles. The fourth-order valence-electron chi connectivity index (χ4n) is 6.48. The van der Waals surface area contributed by atoms with E-state index in [9.17, 15) is 0 Å². The molecule has 0 saturated carbocycles. The van der Waals surface area contributed by atoms with Gasteiger partial charge in [0.15, 0.2) is 17.5 Å². The predicted octanol–water partition coefficient (Wildman–Crippen LogP) is 11.7. The minimum absolute atomic E-state index is 0.181. The van der Waals surface area contributed by atoms with Crippen LogP contribution in [-0.2, 0) is 0 Å². The van der Waals surface area contributed by atoms with Crippen LogP contribution in [0.1, 0.15) is 6.85 Å². The van der Waals surface area contributed by atoms with Crippen LogP contribution in [-0.4, -0.2) is 15.0 Å². The summed E-state index contributed by atoms with van der Waals surface area (Å²) in [5, 5.41) is 6.33. The monoisotopic (exact) mass is 616 g/mol. The van der Waals surface area contributed by atoms with Crippen LogP contribution < -0.4 is 0 Å². The Morgan fingerprint density at radius 3 is 1.62 bits per heavy atom. The maximum absolute atomic E-state index is 8.63. The standard InChI is InChI=1S/C45H29N3/c1-3-12-30(13-4-1)38-26-27-40(42-21-10-9-20-41(38)42)33-17-11-18-35(28-33)44-46-43(32-15-5-2-6-16-32)47-45(48-44)36-24-25-39-34(29-36)23-22-31-14-7-8-19-37(31)39/h1-29H/i1D,3D,4D,12D,13D. The quantitative estimate of drug-likeness (QED) is 0.181. The first-order chi connectivity index (χ1) is 25.9. The summed E-state index contributed by atoms with van der Waals surface area (Å²) in [6.45, 7) is 0. The van der Waals surface area contributed by atoms with Gasteiger partial charge in [-0.15, -0.1) is 0 Å². The summed E-state index contributed by atoms with van der Waals surface area (Å²) in [5.41, 5.74) is 5.20. The van der Waals surface area contributed by atoms with E-state index in [1.807, 2.05) is 84.9 Å². The molecule has 0 amide bonds. The molecule has 8 aromatic carbocycles. The lowest BCUT2D eigenvalue weighted by molar-refractivity contribution is 1.07. The molecule has 0 atom stereocenters. The Kier molecular flexibility index (Phi) is 5.61. The van der Waals surface area contributed by atoms with Gasteiger partial charge in [-0.2, -0.15) is 0 Å². The van der Waals surface area contributed by atoms with Crippen molar-refractivity contribution in [2.24, 2.45) is 0 Å². The smallest absolute Gasteiger partial charge is 0.164 e. The molecule has 0 saturated heterocycles. The van der Waals surface area contributed by atoms with E-state index in [4.69, 9.17) is 21.8 Å². The van der Waals surface area contributed by atoms with Crippen LogP contribution in [0, 0.1) is 0 Å². The predicted molar refractivity (Wildman–Crippen MR) is 200 cm³/mol. The van der Waals surface area contributed by atoms with Crippen LogP contribution in [0.25, 0.3) is 88.7 Å².